The lowest BCUT2D eigenvalue weighted by Gasteiger charge is -2.15. The Hall–Kier alpha value is -2.62. The Balaban J connectivity index is 1.99. The van der Waals surface area contributed by atoms with Gasteiger partial charge in [-0.25, -0.2) is 0 Å². The SMILES string of the molecule is CC(=O)c1ccc(O[C@H](C)C(=O)Nc2ccccc2C)cc1. The summed E-state index contributed by atoms with van der Waals surface area (Å²) in [6.45, 7) is 5.13. The number of carbonyl (C=O) groups excluding carboxylic acids is 2. The predicted molar refractivity (Wildman–Crippen MR) is 86.3 cm³/mol. The first-order chi connectivity index (χ1) is 10.5. The number of hydrogen-bond acceptors (Lipinski definition) is 3. The van der Waals surface area contributed by atoms with Crippen LogP contribution in [0.2, 0.25) is 0 Å². The summed E-state index contributed by atoms with van der Waals surface area (Å²) in [4.78, 5) is 23.4. The van der Waals surface area contributed by atoms with Gasteiger partial charge in [-0.05, 0) is 56.7 Å². The van der Waals surface area contributed by atoms with Gasteiger partial charge in [0.15, 0.2) is 11.9 Å². The van der Waals surface area contributed by atoms with E-state index < -0.39 is 6.10 Å². The molecule has 2 aromatic rings. The van der Waals surface area contributed by atoms with E-state index in [1.54, 1.807) is 31.2 Å². The first-order valence-electron chi connectivity index (χ1n) is 7.11. The molecule has 2 rings (SSSR count). The molecule has 0 bridgehead atoms. The number of benzene rings is 2. The number of ketones is 1. The number of anilines is 1. The average Bonchev–Trinajstić information content (AvgIpc) is 2.50. The molecule has 0 aliphatic rings. The quantitative estimate of drug-likeness (QED) is 0.858. The van der Waals surface area contributed by atoms with E-state index in [4.69, 9.17) is 4.74 Å². The summed E-state index contributed by atoms with van der Waals surface area (Å²) in [7, 11) is 0. The Kier molecular flexibility index (Phi) is 4.94. The van der Waals surface area contributed by atoms with Gasteiger partial charge < -0.3 is 10.1 Å². The van der Waals surface area contributed by atoms with Crippen LogP contribution in [0.15, 0.2) is 48.5 Å². The van der Waals surface area contributed by atoms with Crippen LogP contribution in [0.25, 0.3) is 0 Å². The topological polar surface area (TPSA) is 55.4 Å². The number of amides is 1. The van der Waals surface area contributed by atoms with Crippen molar-refractivity contribution < 1.29 is 14.3 Å². The van der Waals surface area contributed by atoms with Crippen molar-refractivity contribution in [3.8, 4) is 5.75 Å². The lowest BCUT2D eigenvalue weighted by atomic mass is 10.1. The summed E-state index contributed by atoms with van der Waals surface area (Å²) in [6, 6.07) is 14.3. The van der Waals surface area contributed by atoms with Crippen molar-refractivity contribution in [2.24, 2.45) is 0 Å². The van der Waals surface area contributed by atoms with Crippen molar-refractivity contribution >= 4 is 17.4 Å². The second-order valence-electron chi connectivity index (χ2n) is 5.14. The number of nitrogens with one attached hydrogen (secondary N) is 1. The molecule has 4 nitrogen and oxygen atoms in total. The van der Waals surface area contributed by atoms with Crippen molar-refractivity contribution in [2.75, 3.05) is 5.32 Å². The van der Waals surface area contributed by atoms with E-state index in [0.717, 1.165) is 11.3 Å². The lowest BCUT2D eigenvalue weighted by Crippen LogP contribution is -2.30. The number of aryl methyl sites for hydroxylation is 1. The zero-order valence-corrected chi connectivity index (χ0v) is 12.9. The maximum Gasteiger partial charge on any atom is 0.265 e. The highest BCUT2D eigenvalue weighted by Crippen LogP contribution is 2.17. The van der Waals surface area contributed by atoms with Crippen LogP contribution in [0.4, 0.5) is 5.69 Å². The van der Waals surface area contributed by atoms with Crippen LogP contribution in [-0.2, 0) is 4.79 Å². The smallest absolute Gasteiger partial charge is 0.265 e. The first-order valence-corrected chi connectivity index (χ1v) is 7.11. The first kappa shape index (κ1) is 15.8. The average molecular weight is 297 g/mol. The van der Waals surface area contributed by atoms with Crippen molar-refractivity contribution in [3.63, 3.8) is 0 Å². The molecular weight excluding hydrogens is 278 g/mol. The number of ether oxygens (including phenoxy) is 1. The van der Waals surface area contributed by atoms with Crippen molar-refractivity contribution in [2.45, 2.75) is 26.9 Å². The molecular formula is C18H19NO3. The molecule has 0 fully saturated rings. The molecule has 1 N–H and O–H groups in total. The fraction of sp³-hybridized carbons (Fsp3) is 0.222. The van der Waals surface area contributed by atoms with Gasteiger partial charge in [-0.1, -0.05) is 18.2 Å². The van der Waals surface area contributed by atoms with Crippen LogP contribution in [0.3, 0.4) is 0 Å². The number of hydrogen-bond donors (Lipinski definition) is 1. The molecule has 0 heterocycles. The summed E-state index contributed by atoms with van der Waals surface area (Å²) >= 11 is 0. The molecule has 4 heteroatoms. The largest absolute Gasteiger partial charge is 0.481 e. The molecule has 0 aliphatic heterocycles. The zero-order chi connectivity index (χ0) is 16.1. The Morgan fingerprint density at radius 1 is 1.05 bits per heavy atom. The fourth-order valence-corrected chi connectivity index (χ4v) is 1.97. The number of para-hydroxylation sites is 1. The van der Waals surface area contributed by atoms with Gasteiger partial charge in [0.2, 0.25) is 0 Å². The van der Waals surface area contributed by atoms with Crippen LogP contribution in [0.1, 0.15) is 29.8 Å². The normalized spacial score (nSPS) is 11.6. The minimum absolute atomic E-state index is 0.00288. The fourth-order valence-electron chi connectivity index (χ4n) is 1.97. The van der Waals surface area contributed by atoms with E-state index in [-0.39, 0.29) is 11.7 Å². The van der Waals surface area contributed by atoms with Gasteiger partial charge in [0.25, 0.3) is 5.91 Å². The lowest BCUT2D eigenvalue weighted by molar-refractivity contribution is -0.122. The van der Waals surface area contributed by atoms with E-state index in [2.05, 4.69) is 5.32 Å². The molecule has 0 saturated heterocycles. The number of carbonyl (C=O) groups is 2. The summed E-state index contributed by atoms with van der Waals surface area (Å²) in [5.41, 5.74) is 2.38. The third-order valence-electron chi connectivity index (χ3n) is 3.35. The minimum atomic E-state index is -0.636. The van der Waals surface area contributed by atoms with E-state index >= 15 is 0 Å². The van der Waals surface area contributed by atoms with Gasteiger partial charge in [-0.2, -0.15) is 0 Å². The number of Topliss-reactive ketones (excluding diaryl/α,β-unsaturated/α-hetero) is 1. The monoisotopic (exact) mass is 297 g/mol. The molecule has 0 aliphatic carbocycles. The Bertz CT molecular complexity index is 677. The highest BCUT2D eigenvalue weighted by atomic mass is 16.5. The van der Waals surface area contributed by atoms with Gasteiger partial charge in [-0.15, -0.1) is 0 Å². The van der Waals surface area contributed by atoms with Crippen LogP contribution in [-0.4, -0.2) is 17.8 Å². The Labute approximate surface area is 130 Å². The Morgan fingerprint density at radius 2 is 1.68 bits per heavy atom. The van der Waals surface area contributed by atoms with Crippen molar-refractivity contribution in [3.05, 3.63) is 59.7 Å². The molecule has 0 unspecified atom stereocenters. The van der Waals surface area contributed by atoms with Crippen LogP contribution < -0.4 is 10.1 Å². The highest BCUT2D eigenvalue weighted by molar-refractivity contribution is 5.95. The molecule has 1 amide bonds. The molecule has 114 valence electrons. The second-order valence-corrected chi connectivity index (χ2v) is 5.14. The molecule has 0 saturated carbocycles. The van der Waals surface area contributed by atoms with Gasteiger partial charge >= 0.3 is 0 Å². The maximum absolute atomic E-state index is 12.2. The minimum Gasteiger partial charge on any atom is -0.481 e. The third-order valence-corrected chi connectivity index (χ3v) is 3.35. The van der Waals surface area contributed by atoms with Crippen molar-refractivity contribution in [1.82, 2.24) is 0 Å². The molecule has 1 atom stereocenters. The van der Waals surface area contributed by atoms with E-state index in [9.17, 15) is 9.59 Å². The summed E-state index contributed by atoms with van der Waals surface area (Å²) < 4.78 is 5.60. The number of rotatable bonds is 5. The van der Waals surface area contributed by atoms with Crippen LogP contribution >= 0.6 is 0 Å². The third kappa shape index (κ3) is 3.95. The van der Waals surface area contributed by atoms with E-state index in [0.29, 0.717) is 11.3 Å². The molecule has 0 aromatic heterocycles. The molecule has 22 heavy (non-hydrogen) atoms. The van der Waals surface area contributed by atoms with Gasteiger partial charge in [-0.3, -0.25) is 9.59 Å². The molecule has 0 radical (unpaired) electrons. The maximum atomic E-state index is 12.2. The van der Waals surface area contributed by atoms with E-state index in [1.165, 1.54) is 6.92 Å². The molecule has 0 spiro atoms. The summed E-state index contributed by atoms with van der Waals surface area (Å²) in [6.07, 6.45) is -0.636. The zero-order valence-electron chi connectivity index (χ0n) is 12.9. The van der Waals surface area contributed by atoms with Crippen LogP contribution in [0.5, 0.6) is 5.75 Å². The van der Waals surface area contributed by atoms with Crippen LogP contribution in [0, 0.1) is 6.92 Å². The highest BCUT2D eigenvalue weighted by Gasteiger charge is 2.15. The second kappa shape index (κ2) is 6.89. The van der Waals surface area contributed by atoms with E-state index in [1.807, 2.05) is 31.2 Å². The summed E-state index contributed by atoms with van der Waals surface area (Å²) in [5.74, 6) is 0.333. The van der Waals surface area contributed by atoms with Gasteiger partial charge in [0.1, 0.15) is 5.75 Å². The summed E-state index contributed by atoms with van der Waals surface area (Å²) in [5, 5.41) is 2.84. The van der Waals surface area contributed by atoms with Gasteiger partial charge in [0, 0.05) is 11.3 Å². The van der Waals surface area contributed by atoms with Crippen molar-refractivity contribution in [1.29, 1.82) is 0 Å². The van der Waals surface area contributed by atoms with Gasteiger partial charge in [0.05, 0.1) is 0 Å². The Morgan fingerprint density at radius 3 is 2.27 bits per heavy atom. The standard InChI is InChI=1S/C18H19NO3/c1-12-6-4-5-7-17(12)19-18(21)14(3)22-16-10-8-15(9-11-16)13(2)20/h4-11,14H,1-3H3,(H,19,21)/t14-/m1/s1. The molecule has 2 aromatic carbocycles. The predicted octanol–water partition coefficient (Wildman–Crippen LogP) is 3.60.